The number of ketones is 1. The lowest BCUT2D eigenvalue weighted by atomic mass is 9.87. The van der Waals surface area contributed by atoms with Gasteiger partial charge >= 0.3 is 6.09 Å². The molecule has 0 radical (unpaired) electrons. The number of ether oxygens (including phenoxy) is 2. The van der Waals surface area contributed by atoms with Crippen molar-refractivity contribution in [3.05, 3.63) is 46.5 Å². The highest BCUT2D eigenvalue weighted by Gasteiger charge is 2.50. The normalized spacial score (nSPS) is 26.4. The number of nitrogens with zero attached hydrogens (tertiary/aromatic N) is 1. The third-order valence-corrected chi connectivity index (χ3v) is 6.91. The summed E-state index contributed by atoms with van der Waals surface area (Å²) in [6, 6.07) is 8.69. The third kappa shape index (κ3) is 5.71. The third-order valence-electron chi connectivity index (χ3n) is 6.06. The SMILES string of the molecule is CC(C)[C@H]1COC(=O)N1C(=O)[C@@H](Cc1ccccc1)[C@@H]1O[C@](O)(CCCCO)C(Br)=CC1=O. The van der Waals surface area contributed by atoms with Crippen LogP contribution in [0.1, 0.15) is 38.7 Å². The molecule has 8 nitrogen and oxygen atoms in total. The minimum atomic E-state index is -1.81. The van der Waals surface area contributed by atoms with Gasteiger partial charge in [-0.3, -0.25) is 9.59 Å². The van der Waals surface area contributed by atoms with Crippen molar-refractivity contribution in [2.75, 3.05) is 13.2 Å². The second-order valence-corrected chi connectivity index (χ2v) is 9.65. The van der Waals surface area contributed by atoms with E-state index in [9.17, 15) is 19.5 Å². The summed E-state index contributed by atoms with van der Waals surface area (Å²) in [6.07, 6.45) is 0.369. The number of imide groups is 1. The number of aliphatic hydroxyl groups excluding tert-OH is 1. The number of hydrogen-bond acceptors (Lipinski definition) is 7. The Hall–Kier alpha value is -2.07. The lowest BCUT2D eigenvalue weighted by Gasteiger charge is -2.39. The van der Waals surface area contributed by atoms with Crippen molar-refractivity contribution in [1.29, 1.82) is 0 Å². The summed E-state index contributed by atoms with van der Waals surface area (Å²) in [6.45, 7) is 3.83. The summed E-state index contributed by atoms with van der Waals surface area (Å²) in [5.74, 6) is -3.94. The van der Waals surface area contributed by atoms with Gasteiger partial charge in [-0.15, -0.1) is 0 Å². The van der Waals surface area contributed by atoms with Crippen LogP contribution in [0.25, 0.3) is 0 Å². The molecule has 1 saturated heterocycles. The van der Waals surface area contributed by atoms with Gasteiger partial charge in [0.1, 0.15) is 12.7 Å². The monoisotopic (exact) mass is 523 g/mol. The van der Waals surface area contributed by atoms with E-state index in [2.05, 4.69) is 15.9 Å². The molecule has 1 fully saturated rings. The molecule has 1 aromatic carbocycles. The number of unbranched alkanes of at least 4 members (excludes halogenated alkanes) is 1. The maximum Gasteiger partial charge on any atom is 0.416 e. The lowest BCUT2D eigenvalue weighted by Crippen LogP contribution is -2.54. The quantitative estimate of drug-likeness (QED) is 0.478. The van der Waals surface area contributed by atoms with E-state index in [4.69, 9.17) is 14.6 Å². The van der Waals surface area contributed by atoms with E-state index in [0.29, 0.717) is 12.8 Å². The van der Waals surface area contributed by atoms with Gasteiger partial charge in [-0.2, -0.15) is 0 Å². The van der Waals surface area contributed by atoms with Gasteiger partial charge in [-0.25, -0.2) is 9.69 Å². The first-order valence-corrected chi connectivity index (χ1v) is 11.9. The van der Waals surface area contributed by atoms with Gasteiger partial charge in [0.15, 0.2) is 11.6 Å². The smallest absolute Gasteiger partial charge is 0.416 e. The van der Waals surface area contributed by atoms with Crippen molar-refractivity contribution in [2.24, 2.45) is 11.8 Å². The fourth-order valence-electron chi connectivity index (χ4n) is 4.13. The van der Waals surface area contributed by atoms with Crippen LogP contribution in [0, 0.1) is 11.8 Å². The molecule has 3 rings (SSSR count). The van der Waals surface area contributed by atoms with Crippen LogP contribution in [0.4, 0.5) is 4.79 Å². The maximum absolute atomic E-state index is 13.7. The van der Waals surface area contributed by atoms with Gasteiger partial charge in [-0.05, 0) is 52.7 Å². The van der Waals surface area contributed by atoms with Gasteiger partial charge < -0.3 is 19.7 Å². The van der Waals surface area contributed by atoms with Gasteiger partial charge in [0, 0.05) is 13.0 Å². The lowest BCUT2D eigenvalue weighted by molar-refractivity contribution is -0.218. The number of hydrogen-bond donors (Lipinski definition) is 2. The van der Waals surface area contributed by atoms with E-state index in [1.54, 1.807) is 0 Å². The molecule has 0 aliphatic carbocycles. The van der Waals surface area contributed by atoms with E-state index in [-0.39, 0.29) is 36.5 Å². The molecule has 1 aromatic rings. The largest absolute Gasteiger partial charge is 0.447 e. The van der Waals surface area contributed by atoms with Crippen LogP contribution in [0.2, 0.25) is 0 Å². The van der Waals surface area contributed by atoms with Gasteiger partial charge in [0.05, 0.1) is 16.4 Å². The molecular weight excluding hydrogens is 494 g/mol. The zero-order valence-corrected chi connectivity index (χ0v) is 20.4. The highest BCUT2D eigenvalue weighted by atomic mass is 79.9. The first-order chi connectivity index (χ1) is 15.7. The zero-order chi connectivity index (χ0) is 24.2. The highest BCUT2D eigenvalue weighted by Crippen LogP contribution is 2.38. The van der Waals surface area contributed by atoms with E-state index in [1.807, 2.05) is 44.2 Å². The summed E-state index contributed by atoms with van der Waals surface area (Å²) in [4.78, 5) is 40.3. The van der Waals surface area contributed by atoms with E-state index in [1.165, 1.54) is 6.08 Å². The summed E-state index contributed by atoms with van der Waals surface area (Å²) in [7, 11) is 0. The molecule has 180 valence electrons. The van der Waals surface area contributed by atoms with Crippen LogP contribution in [-0.4, -0.2) is 64.0 Å². The van der Waals surface area contributed by atoms with Crippen LogP contribution in [0.5, 0.6) is 0 Å². The number of carbonyl (C=O) groups excluding carboxylic acids is 3. The summed E-state index contributed by atoms with van der Waals surface area (Å²) >= 11 is 3.22. The van der Waals surface area contributed by atoms with Crippen LogP contribution in [-0.2, 0) is 25.5 Å². The molecule has 2 aliphatic heterocycles. The molecule has 0 saturated carbocycles. The molecule has 0 aromatic heterocycles. The van der Waals surface area contributed by atoms with Crippen molar-refractivity contribution in [3.8, 4) is 0 Å². The average molecular weight is 524 g/mol. The Morgan fingerprint density at radius 3 is 2.58 bits per heavy atom. The van der Waals surface area contributed by atoms with Crippen molar-refractivity contribution >= 4 is 33.7 Å². The second kappa shape index (κ2) is 10.9. The molecule has 2 heterocycles. The number of amides is 2. The predicted molar refractivity (Wildman–Crippen MR) is 123 cm³/mol. The van der Waals surface area contributed by atoms with Crippen molar-refractivity contribution in [3.63, 3.8) is 0 Å². The molecular formula is C24H30BrNO7. The molecule has 0 spiro atoms. The number of cyclic esters (lactones) is 1. The van der Waals surface area contributed by atoms with E-state index < -0.39 is 41.6 Å². The maximum atomic E-state index is 13.7. The molecule has 4 atom stereocenters. The summed E-state index contributed by atoms with van der Waals surface area (Å²) in [5.41, 5.74) is 0.790. The van der Waals surface area contributed by atoms with Gasteiger partial charge in [0.25, 0.3) is 0 Å². The topological polar surface area (TPSA) is 113 Å². The van der Waals surface area contributed by atoms with Crippen LogP contribution < -0.4 is 0 Å². The zero-order valence-electron chi connectivity index (χ0n) is 18.8. The molecule has 33 heavy (non-hydrogen) atoms. The number of aliphatic hydroxyl groups is 2. The minimum absolute atomic E-state index is 0.0368. The highest BCUT2D eigenvalue weighted by molar-refractivity contribution is 9.11. The van der Waals surface area contributed by atoms with Gasteiger partial charge in [0.2, 0.25) is 5.91 Å². The average Bonchev–Trinajstić information content (AvgIpc) is 3.17. The van der Waals surface area contributed by atoms with Crippen LogP contribution >= 0.6 is 15.9 Å². The summed E-state index contributed by atoms with van der Waals surface area (Å²) in [5, 5.41) is 20.2. The first kappa shape index (κ1) is 25.6. The Morgan fingerprint density at radius 1 is 1.24 bits per heavy atom. The molecule has 2 amide bonds. The fourth-order valence-corrected chi connectivity index (χ4v) is 4.65. The number of halogens is 1. The molecule has 2 N–H and O–H groups in total. The van der Waals surface area contributed by atoms with Crippen molar-refractivity contribution in [2.45, 2.75) is 57.5 Å². The predicted octanol–water partition coefficient (Wildman–Crippen LogP) is 2.95. The number of rotatable bonds is 9. The van der Waals surface area contributed by atoms with Crippen molar-refractivity contribution in [1.82, 2.24) is 4.90 Å². The number of carbonyl (C=O) groups is 3. The van der Waals surface area contributed by atoms with Gasteiger partial charge in [-0.1, -0.05) is 44.2 Å². The molecule has 9 heteroatoms. The standard InChI is InChI=1S/C24H30BrNO7/c1-15(2)18-14-32-23(30)26(18)22(29)17(12-16-8-4-3-5-9-16)21-19(28)13-20(25)24(31,33-21)10-6-7-11-27/h3-5,8-9,13,15,17-18,21,27,31H,6-7,10-12,14H2,1-2H3/t17-,18+,21-,24+/m0/s1. The second-order valence-electron chi connectivity index (χ2n) is 8.79. The molecule has 0 bridgehead atoms. The van der Waals surface area contributed by atoms with E-state index in [0.717, 1.165) is 10.5 Å². The number of benzene rings is 1. The summed E-state index contributed by atoms with van der Waals surface area (Å²) < 4.78 is 11.2. The Kier molecular flexibility index (Phi) is 8.44. The molecule has 0 unspecified atom stereocenters. The first-order valence-electron chi connectivity index (χ1n) is 11.1. The van der Waals surface area contributed by atoms with E-state index >= 15 is 0 Å². The fraction of sp³-hybridized carbons (Fsp3) is 0.542. The van der Waals surface area contributed by atoms with Crippen LogP contribution in [0.3, 0.4) is 0 Å². The van der Waals surface area contributed by atoms with Crippen molar-refractivity contribution < 1.29 is 34.1 Å². The molecule has 2 aliphatic rings. The minimum Gasteiger partial charge on any atom is -0.447 e. The Labute approximate surface area is 201 Å². The Morgan fingerprint density at radius 2 is 1.94 bits per heavy atom. The Balaban J connectivity index is 1.96. The van der Waals surface area contributed by atoms with Crippen LogP contribution in [0.15, 0.2) is 40.9 Å². The Bertz CT molecular complexity index is 903.